The molecule has 0 amide bonds. The lowest BCUT2D eigenvalue weighted by atomic mass is 10.2. The number of rotatable bonds is 7. The molecule has 4 heteroatoms. The van der Waals surface area contributed by atoms with Gasteiger partial charge in [-0.25, -0.2) is 4.79 Å². The monoisotopic (exact) mass is 298 g/mol. The summed E-state index contributed by atoms with van der Waals surface area (Å²) in [5.41, 5.74) is 0.893. The normalized spacial score (nSPS) is 10.0. The molecule has 0 aromatic heterocycles. The number of hydrogen-bond acceptors (Lipinski definition) is 4. The van der Waals surface area contributed by atoms with Crippen LogP contribution in [0.3, 0.4) is 0 Å². The minimum Gasteiger partial charge on any atom is -0.494 e. The van der Waals surface area contributed by atoms with E-state index < -0.39 is 5.97 Å². The Morgan fingerprint density at radius 3 is 2.55 bits per heavy atom. The lowest BCUT2D eigenvalue weighted by Crippen LogP contribution is -2.08. The first-order valence-electron chi connectivity index (χ1n) is 7.23. The van der Waals surface area contributed by atoms with Crippen LogP contribution in [0.25, 0.3) is 0 Å². The highest BCUT2D eigenvalue weighted by atomic mass is 16.5. The lowest BCUT2D eigenvalue weighted by Gasteiger charge is -2.07. The molecule has 4 nitrogen and oxygen atoms in total. The average Bonchev–Trinajstić information content (AvgIpc) is 2.56. The van der Waals surface area contributed by atoms with Gasteiger partial charge in [-0.2, -0.15) is 0 Å². The fourth-order valence-corrected chi connectivity index (χ4v) is 1.84. The lowest BCUT2D eigenvalue weighted by molar-refractivity contribution is 0.0734. The molecule has 0 fully saturated rings. The summed E-state index contributed by atoms with van der Waals surface area (Å²) in [5.74, 6) is 0.606. The van der Waals surface area contributed by atoms with E-state index in [1.54, 1.807) is 42.5 Å². The Labute approximate surface area is 129 Å². The van der Waals surface area contributed by atoms with Crippen LogP contribution in [0.1, 0.15) is 40.5 Å². The molecule has 114 valence electrons. The molecule has 0 saturated carbocycles. The molecule has 0 aliphatic heterocycles. The maximum atomic E-state index is 12.0. The summed E-state index contributed by atoms with van der Waals surface area (Å²) in [4.78, 5) is 22.7. The SMILES string of the molecule is CCCCOc1ccc(C(=O)Oc2cccc(C=O)c2)cc1. The second-order valence-corrected chi connectivity index (χ2v) is 4.81. The summed E-state index contributed by atoms with van der Waals surface area (Å²) in [6.07, 6.45) is 2.78. The Morgan fingerprint density at radius 2 is 1.86 bits per heavy atom. The number of carbonyl (C=O) groups excluding carboxylic acids is 2. The van der Waals surface area contributed by atoms with E-state index in [0.717, 1.165) is 18.6 Å². The van der Waals surface area contributed by atoms with Crippen LogP contribution in [-0.2, 0) is 0 Å². The van der Waals surface area contributed by atoms with Gasteiger partial charge in [-0.3, -0.25) is 4.79 Å². The fraction of sp³-hybridized carbons (Fsp3) is 0.222. The summed E-state index contributed by atoms with van der Waals surface area (Å²) in [7, 11) is 0. The molecule has 0 heterocycles. The Bertz CT molecular complexity index is 632. The number of benzene rings is 2. The van der Waals surface area contributed by atoms with Gasteiger partial charge in [-0.1, -0.05) is 25.5 Å². The number of aldehydes is 1. The molecule has 0 radical (unpaired) electrons. The van der Waals surface area contributed by atoms with Gasteiger partial charge < -0.3 is 9.47 Å². The van der Waals surface area contributed by atoms with Gasteiger partial charge in [0.15, 0.2) is 0 Å². The first-order valence-corrected chi connectivity index (χ1v) is 7.23. The van der Waals surface area contributed by atoms with Crippen molar-refractivity contribution >= 4 is 12.3 Å². The van der Waals surface area contributed by atoms with Crippen LogP contribution >= 0.6 is 0 Å². The topological polar surface area (TPSA) is 52.6 Å². The Hall–Kier alpha value is -2.62. The van der Waals surface area contributed by atoms with Crippen molar-refractivity contribution in [1.29, 1.82) is 0 Å². The van der Waals surface area contributed by atoms with Crippen molar-refractivity contribution in [3.8, 4) is 11.5 Å². The van der Waals surface area contributed by atoms with Crippen molar-refractivity contribution in [2.24, 2.45) is 0 Å². The maximum absolute atomic E-state index is 12.0. The van der Waals surface area contributed by atoms with Gasteiger partial charge in [0.2, 0.25) is 0 Å². The van der Waals surface area contributed by atoms with E-state index in [1.807, 2.05) is 0 Å². The molecule has 0 spiro atoms. The molecule has 0 aliphatic carbocycles. The van der Waals surface area contributed by atoms with E-state index in [1.165, 1.54) is 6.07 Å². The predicted octanol–water partition coefficient (Wildman–Crippen LogP) is 3.90. The van der Waals surface area contributed by atoms with Gasteiger partial charge >= 0.3 is 5.97 Å². The molecular formula is C18H18O4. The van der Waals surface area contributed by atoms with Crippen LogP contribution < -0.4 is 9.47 Å². The fourth-order valence-electron chi connectivity index (χ4n) is 1.84. The molecule has 22 heavy (non-hydrogen) atoms. The number of unbranched alkanes of at least 4 members (excludes halogenated alkanes) is 1. The number of esters is 1. The Morgan fingerprint density at radius 1 is 1.09 bits per heavy atom. The number of carbonyl (C=O) groups is 2. The van der Waals surface area contributed by atoms with Gasteiger partial charge in [0.25, 0.3) is 0 Å². The van der Waals surface area contributed by atoms with Crippen LogP contribution in [0.4, 0.5) is 0 Å². The highest BCUT2D eigenvalue weighted by Crippen LogP contribution is 2.17. The van der Waals surface area contributed by atoms with Crippen LogP contribution in [-0.4, -0.2) is 18.9 Å². The third-order valence-electron chi connectivity index (χ3n) is 3.06. The third-order valence-corrected chi connectivity index (χ3v) is 3.06. The van der Waals surface area contributed by atoms with E-state index in [-0.39, 0.29) is 0 Å². The van der Waals surface area contributed by atoms with Crippen LogP contribution in [0.5, 0.6) is 11.5 Å². The first kappa shape index (κ1) is 15.8. The third kappa shape index (κ3) is 4.45. The standard InChI is InChI=1S/C18H18O4/c1-2-3-11-21-16-9-7-15(8-10-16)18(20)22-17-6-4-5-14(12-17)13-19/h4-10,12-13H,2-3,11H2,1H3. The minimum atomic E-state index is -0.469. The summed E-state index contributed by atoms with van der Waals surface area (Å²) < 4.78 is 10.8. The van der Waals surface area contributed by atoms with Crippen molar-refractivity contribution in [3.05, 3.63) is 59.7 Å². The molecule has 2 aromatic carbocycles. The molecule has 0 bridgehead atoms. The van der Waals surface area contributed by atoms with Crippen LogP contribution in [0.2, 0.25) is 0 Å². The molecule has 0 saturated heterocycles. The van der Waals surface area contributed by atoms with Gasteiger partial charge in [0.1, 0.15) is 17.8 Å². The zero-order valence-corrected chi connectivity index (χ0v) is 12.5. The highest BCUT2D eigenvalue weighted by molar-refractivity contribution is 5.91. The van der Waals surface area contributed by atoms with Crippen molar-refractivity contribution < 1.29 is 19.1 Å². The van der Waals surface area contributed by atoms with Gasteiger partial charge in [-0.05, 0) is 42.8 Å². The van der Waals surface area contributed by atoms with Gasteiger partial charge in [-0.15, -0.1) is 0 Å². The van der Waals surface area contributed by atoms with Crippen LogP contribution in [0.15, 0.2) is 48.5 Å². The zero-order valence-electron chi connectivity index (χ0n) is 12.5. The molecule has 2 aromatic rings. The summed E-state index contributed by atoms with van der Waals surface area (Å²) in [6.45, 7) is 2.76. The molecule has 0 unspecified atom stereocenters. The smallest absolute Gasteiger partial charge is 0.343 e. The van der Waals surface area contributed by atoms with Gasteiger partial charge in [0.05, 0.1) is 12.2 Å². The maximum Gasteiger partial charge on any atom is 0.343 e. The zero-order chi connectivity index (χ0) is 15.8. The molecule has 0 atom stereocenters. The van der Waals surface area contributed by atoms with Crippen molar-refractivity contribution in [3.63, 3.8) is 0 Å². The minimum absolute atomic E-state index is 0.345. The summed E-state index contributed by atoms with van der Waals surface area (Å²) in [5, 5.41) is 0. The quantitative estimate of drug-likeness (QED) is 0.337. The Balaban J connectivity index is 1.98. The number of hydrogen-bond donors (Lipinski definition) is 0. The van der Waals surface area contributed by atoms with Crippen molar-refractivity contribution in [2.75, 3.05) is 6.61 Å². The second kappa shape index (κ2) is 7.98. The molecule has 2 rings (SSSR count). The first-order chi connectivity index (χ1) is 10.7. The predicted molar refractivity (Wildman–Crippen MR) is 83.6 cm³/mol. The van der Waals surface area contributed by atoms with E-state index >= 15 is 0 Å². The van der Waals surface area contributed by atoms with Crippen LogP contribution in [0, 0.1) is 0 Å². The summed E-state index contributed by atoms with van der Waals surface area (Å²) in [6, 6.07) is 13.3. The van der Waals surface area contributed by atoms with Gasteiger partial charge in [0, 0.05) is 5.56 Å². The van der Waals surface area contributed by atoms with E-state index in [4.69, 9.17) is 9.47 Å². The molecule has 0 aliphatic rings. The Kier molecular flexibility index (Phi) is 5.72. The van der Waals surface area contributed by atoms with E-state index in [9.17, 15) is 9.59 Å². The summed E-state index contributed by atoms with van der Waals surface area (Å²) >= 11 is 0. The van der Waals surface area contributed by atoms with Crippen molar-refractivity contribution in [2.45, 2.75) is 19.8 Å². The molecular weight excluding hydrogens is 280 g/mol. The second-order valence-electron chi connectivity index (χ2n) is 4.81. The number of ether oxygens (including phenoxy) is 2. The average molecular weight is 298 g/mol. The highest BCUT2D eigenvalue weighted by Gasteiger charge is 2.09. The van der Waals surface area contributed by atoms with Crippen molar-refractivity contribution in [1.82, 2.24) is 0 Å². The largest absolute Gasteiger partial charge is 0.494 e. The van der Waals surface area contributed by atoms with E-state index in [2.05, 4.69) is 6.92 Å². The van der Waals surface area contributed by atoms with E-state index in [0.29, 0.717) is 29.8 Å². The molecule has 0 N–H and O–H groups in total.